The van der Waals surface area contributed by atoms with Crippen molar-refractivity contribution < 1.29 is 4.42 Å². The Morgan fingerprint density at radius 3 is 2.04 bits per heavy atom. The van der Waals surface area contributed by atoms with Crippen LogP contribution in [0, 0.1) is 0 Å². The first-order valence-corrected chi connectivity index (χ1v) is 17.4. The molecule has 2 heteroatoms. The van der Waals surface area contributed by atoms with Crippen molar-refractivity contribution in [1.82, 2.24) is 0 Å². The van der Waals surface area contributed by atoms with Crippen LogP contribution >= 0.6 is 0 Å². The van der Waals surface area contributed by atoms with Crippen LogP contribution < -0.4 is 0 Å². The highest BCUT2D eigenvalue weighted by atomic mass is 16.3. The summed E-state index contributed by atoms with van der Waals surface area (Å²) in [5.41, 5.74) is 17.8. The van der Waals surface area contributed by atoms with E-state index in [1.807, 2.05) is 6.07 Å². The molecule has 8 aromatic rings. The average Bonchev–Trinajstić information content (AvgIpc) is 3.66. The van der Waals surface area contributed by atoms with Crippen LogP contribution in [-0.2, 0) is 12.0 Å². The van der Waals surface area contributed by atoms with Crippen LogP contribution in [0.3, 0.4) is 0 Å². The molecule has 0 bridgehead atoms. The summed E-state index contributed by atoms with van der Waals surface area (Å²) < 4.78 is 6.38. The standard InChI is InChI=1S/C48H37NO/c1-31(32-22-24-34(25-23-32)33-12-5-4-6-13-33)49-30-38-16-10-21-45-46(38)41-29-36(26-27-44(41)50-45)35-14-9-15-37(28-35)39-18-11-20-43-47(39)40-17-7-8-19-42(40)48(43,2)3/h4-29H,30H2,1-3H3. The zero-order valence-electron chi connectivity index (χ0n) is 28.6. The van der Waals surface area contributed by atoms with Crippen LogP contribution in [0.15, 0.2) is 167 Å². The molecule has 0 saturated carbocycles. The van der Waals surface area contributed by atoms with Gasteiger partial charge in [-0.1, -0.05) is 147 Å². The first-order valence-electron chi connectivity index (χ1n) is 17.4. The van der Waals surface area contributed by atoms with Gasteiger partial charge in [-0.25, -0.2) is 0 Å². The fourth-order valence-electron chi connectivity index (χ4n) is 7.90. The van der Waals surface area contributed by atoms with Crippen molar-refractivity contribution >= 4 is 27.7 Å². The molecule has 7 aromatic carbocycles. The van der Waals surface area contributed by atoms with Crippen LogP contribution in [0.1, 0.15) is 43.0 Å². The lowest BCUT2D eigenvalue weighted by Crippen LogP contribution is -2.14. The van der Waals surface area contributed by atoms with E-state index in [2.05, 4.69) is 172 Å². The van der Waals surface area contributed by atoms with Gasteiger partial charge in [-0.2, -0.15) is 0 Å². The Morgan fingerprint density at radius 2 is 1.18 bits per heavy atom. The Morgan fingerprint density at radius 1 is 0.540 bits per heavy atom. The third kappa shape index (κ3) is 4.99. The maximum Gasteiger partial charge on any atom is 0.135 e. The summed E-state index contributed by atoms with van der Waals surface area (Å²) in [6.07, 6.45) is 0. The summed E-state index contributed by atoms with van der Waals surface area (Å²) in [5.74, 6) is 0. The molecule has 0 unspecified atom stereocenters. The molecule has 9 rings (SSSR count). The van der Waals surface area contributed by atoms with E-state index in [4.69, 9.17) is 9.41 Å². The van der Waals surface area contributed by atoms with Crippen molar-refractivity contribution in [2.75, 3.05) is 0 Å². The van der Waals surface area contributed by atoms with E-state index < -0.39 is 0 Å². The molecule has 0 amide bonds. The van der Waals surface area contributed by atoms with E-state index in [0.29, 0.717) is 6.54 Å². The summed E-state index contributed by atoms with van der Waals surface area (Å²) >= 11 is 0. The molecular formula is C48H37NO. The Balaban J connectivity index is 1.06. The monoisotopic (exact) mass is 643 g/mol. The molecule has 0 aliphatic heterocycles. The molecule has 1 heterocycles. The van der Waals surface area contributed by atoms with Gasteiger partial charge in [-0.15, -0.1) is 0 Å². The normalized spacial score (nSPS) is 13.5. The van der Waals surface area contributed by atoms with Crippen molar-refractivity contribution in [2.24, 2.45) is 4.99 Å². The van der Waals surface area contributed by atoms with Gasteiger partial charge in [0, 0.05) is 21.9 Å². The molecule has 0 saturated heterocycles. The van der Waals surface area contributed by atoms with Crippen molar-refractivity contribution in [3.63, 3.8) is 0 Å². The molecule has 240 valence electrons. The maximum atomic E-state index is 6.38. The van der Waals surface area contributed by atoms with Crippen molar-refractivity contribution in [3.05, 3.63) is 180 Å². The van der Waals surface area contributed by atoms with E-state index in [-0.39, 0.29) is 5.41 Å². The number of hydrogen-bond acceptors (Lipinski definition) is 2. The number of benzene rings is 7. The molecule has 1 aliphatic rings. The lowest BCUT2D eigenvalue weighted by atomic mass is 9.82. The summed E-state index contributed by atoms with van der Waals surface area (Å²) in [6, 6.07) is 56.7. The molecule has 0 fully saturated rings. The van der Waals surface area contributed by atoms with E-state index in [1.165, 1.54) is 55.6 Å². The quantitative estimate of drug-likeness (QED) is 0.166. The number of fused-ring (bicyclic) bond motifs is 6. The smallest absolute Gasteiger partial charge is 0.135 e. The Labute approximate surface area is 293 Å². The number of nitrogens with zero attached hydrogens (tertiary/aromatic N) is 1. The second-order valence-electron chi connectivity index (χ2n) is 13.9. The summed E-state index contributed by atoms with van der Waals surface area (Å²) in [4.78, 5) is 5.06. The van der Waals surface area contributed by atoms with Crippen LogP contribution in [0.2, 0.25) is 0 Å². The Bertz CT molecular complexity index is 2590. The number of hydrogen-bond donors (Lipinski definition) is 0. The lowest BCUT2D eigenvalue weighted by Gasteiger charge is -2.21. The highest BCUT2D eigenvalue weighted by Crippen LogP contribution is 2.52. The van der Waals surface area contributed by atoms with Gasteiger partial charge in [0.15, 0.2) is 0 Å². The minimum absolute atomic E-state index is 0.0276. The fraction of sp³-hybridized carbons (Fsp3) is 0.104. The molecule has 2 nitrogen and oxygen atoms in total. The second kappa shape index (κ2) is 11.9. The van der Waals surface area contributed by atoms with Crippen molar-refractivity contribution in [1.29, 1.82) is 0 Å². The predicted molar refractivity (Wildman–Crippen MR) is 210 cm³/mol. The highest BCUT2D eigenvalue weighted by Gasteiger charge is 2.36. The van der Waals surface area contributed by atoms with Gasteiger partial charge < -0.3 is 4.42 Å². The SMILES string of the molecule is CC(=NCc1cccc2oc3ccc(-c4cccc(-c5cccc6c5-c5ccccc5C6(C)C)c4)cc3c12)c1ccc(-c2ccccc2)cc1. The lowest BCUT2D eigenvalue weighted by molar-refractivity contribution is 0.660. The van der Waals surface area contributed by atoms with Crippen LogP contribution in [-0.4, -0.2) is 5.71 Å². The summed E-state index contributed by atoms with van der Waals surface area (Å²) in [5, 5.41) is 2.26. The molecule has 0 spiro atoms. The molecule has 0 atom stereocenters. The number of aliphatic imine (C=N–C) groups is 1. The predicted octanol–water partition coefficient (Wildman–Crippen LogP) is 12.9. The molecule has 0 N–H and O–H groups in total. The molecule has 0 radical (unpaired) electrons. The first kappa shape index (κ1) is 30.1. The Hall–Kier alpha value is -5.99. The Kier molecular flexibility index (Phi) is 7.14. The van der Waals surface area contributed by atoms with Gasteiger partial charge in [-0.3, -0.25) is 4.99 Å². The zero-order valence-corrected chi connectivity index (χ0v) is 28.6. The van der Waals surface area contributed by atoms with Gasteiger partial charge in [0.2, 0.25) is 0 Å². The minimum atomic E-state index is -0.0276. The topological polar surface area (TPSA) is 25.5 Å². The van der Waals surface area contributed by atoms with Crippen LogP contribution in [0.4, 0.5) is 0 Å². The minimum Gasteiger partial charge on any atom is -0.456 e. The maximum absolute atomic E-state index is 6.38. The van der Waals surface area contributed by atoms with Gasteiger partial charge >= 0.3 is 0 Å². The zero-order chi connectivity index (χ0) is 33.8. The van der Waals surface area contributed by atoms with Gasteiger partial charge in [0.25, 0.3) is 0 Å². The average molecular weight is 644 g/mol. The highest BCUT2D eigenvalue weighted by molar-refractivity contribution is 6.08. The third-order valence-corrected chi connectivity index (χ3v) is 10.6. The largest absolute Gasteiger partial charge is 0.456 e. The van der Waals surface area contributed by atoms with E-state index >= 15 is 0 Å². The van der Waals surface area contributed by atoms with Crippen LogP contribution in [0.25, 0.3) is 66.4 Å². The van der Waals surface area contributed by atoms with Gasteiger partial charge in [-0.05, 0) is 98.0 Å². The van der Waals surface area contributed by atoms with Crippen molar-refractivity contribution in [3.8, 4) is 44.5 Å². The molecule has 50 heavy (non-hydrogen) atoms. The first-order chi connectivity index (χ1) is 24.5. The third-order valence-electron chi connectivity index (χ3n) is 10.6. The second-order valence-corrected chi connectivity index (χ2v) is 13.9. The van der Waals surface area contributed by atoms with Gasteiger partial charge in [0.1, 0.15) is 11.2 Å². The molecular weight excluding hydrogens is 607 g/mol. The number of rotatable bonds is 6. The van der Waals surface area contributed by atoms with E-state index in [9.17, 15) is 0 Å². The number of furan rings is 1. The summed E-state index contributed by atoms with van der Waals surface area (Å²) in [7, 11) is 0. The van der Waals surface area contributed by atoms with E-state index in [1.54, 1.807) is 0 Å². The fourth-order valence-corrected chi connectivity index (χ4v) is 7.90. The summed E-state index contributed by atoms with van der Waals surface area (Å²) in [6.45, 7) is 7.35. The van der Waals surface area contributed by atoms with E-state index in [0.717, 1.165) is 38.8 Å². The van der Waals surface area contributed by atoms with Gasteiger partial charge in [0.05, 0.1) is 6.54 Å². The molecule has 1 aromatic heterocycles. The van der Waals surface area contributed by atoms with Crippen molar-refractivity contribution in [2.45, 2.75) is 32.7 Å². The van der Waals surface area contributed by atoms with Crippen LogP contribution in [0.5, 0.6) is 0 Å². The molecule has 1 aliphatic carbocycles.